The minimum absolute atomic E-state index is 0.110. The summed E-state index contributed by atoms with van der Waals surface area (Å²) in [5.41, 5.74) is 0.259. The third kappa shape index (κ3) is 3.52. The van der Waals surface area contributed by atoms with Crippen LogP contribution in [-0.2, 0) is 11.2 Å². The van der Waals surface area contributed by atoms with Gasteiger partial charge in [-0.3, -0.25) is 14.9 Å². The first-order chi connectivity index (χ1) is 9.06. The molecule has 0 radical (unpaired) electrons. The Hall–Kier alpha value is -1.92. The van der Waals surface area contributed by atoms with E-state index in [9.17, 15) is 14.9 Å². The molecule has 0 atom stereocenters. The summed E-state index contributed by atoms with van der Waals surface area (Å²) in [6.45, 7) is 0. The van der Waals surface area contributed by atoms with Crippen molar-refractivity contribution in [2.24, 2.45) is 0 Å². The Bertz CT molecular complexity index is 613. The van der Waals surface area contributed by atoms with Crippen LogP contribution < -0.4 is 5.32 Å². The molecule has 0 unspecified atom stereocenters. The number of non-ortho nitro benzene ring substituents is 1. The standard InChI is InChI=1S/C12H9ClN2O3S/c13-10-6-8(15(17)18)3-4-11(10)14-12(16)7-9-2-1-5-19-9/h1-6H,7H2,(H,14,16). The molecule has 1 N–H and O–H groups in total. The highest BCUT2D eigenvalue weighted by Gasteiger charge is 2.12. The molecule has 1 amide bonds. The number of carbonyl (C=O) groups excluding carboxylic acids is 1. The lowest BCUT2D eigenvalue weighted by Gasteiger charge is -2.06. The molecule has 1 heterocycles. The van der Waals surface area contributed by atoms with Gasteiger partial charge in [0, 0.05) is 17.0 Å². The third-order valence-corrected chi connectivity index (χ3v) is 3.54. The monoisotopic (exact) mass is 296 g/mol. The van der Waals surface area contributed by atoms with Crippen molar-refractivity contribution in [2.75, 3.05) is 5.32 Å². The van der Waals surface area contributed by atoms with E-state index in [1.165, 1.54) is 29.5 Å². The van der Waals surface area contributed by atoms with E-state index >= 15 is 0 Å². The fourth-order valence-electron chi connectivity index (χ4n) is 1.48. The van der Waals surface area contributed by atoms with Crippen molar-refractivity contribution >= 4 is 40.2 Å². The molecule has 0 saturated heterocycles. The lowest BCUT2D eigenvalue weighted by molar-refractivity contribution is -0.384. The highest BCUT2D eigenvalue weighted by Crippen LogP contribution is 2.26. The Morgan fingerprint density at radius 1 is 1.42 bits per heavy atom. The van der Waals surface area contributed by atoms with Gasteiger partial charge in [-0.05, 0) is 17.5 Å². The molecule has 2 rings (SSSR count). The number of hydrogen-bond donors (Lipinski definition) is 1. The summed E-state index contributed by atoms with van der Waals surface area (Å²) in [5, 5.41) is 15.2. The minimum Gasteiger partial charge on any atom is -0.324 e. The van der Waals surface area contributed by atoms with Crippen LogP contribution >= 0.6 is 22.9 Å². The number of halogens is 1. The molecule has 98 valence electrons. The molecule has 5 nitrogen and oxygen atoms in total. The van der Waals surface area contributed by atoms with Crippen LogP contribution in [0.25, 0.3) is 0 Å². The van der Waals surface area contributed by atoms with Gasteiger partial charge in [-0.25, -0.2) is 0 Å². The predicted molar refractivity (Wildman–Crippen MR) is 74.8 cm³/mol. The Balaban J connectivity index is 2.07. The summed E-state index contributed by atoms with van der Waals surface area (Å²) >= 11 is 7.37. The van der Waals surface area contributed by atoms with Gasteiger partial charge in [0.1, 0.15) is 0 Å². The van der Waals surface area contributed by atoms with Gasteiger partial charge in [0.25, 0.3) is 5.69 Å². The average Bonchev–Trinajstić information content (AvgIpc) is 2.84. The maximum atomic E-state index is 11.8. The lowest BCUT2D eigenvalue weighted by Crippen LogP contribution is -2.14. The number of carbonyl (C=O) groups is 1. The van der Waals surface area contributed by atoms with Crippen LogP contribution in [0, 0.1) is 10.1 Å². The van der Waals surface area contributed by atoms with Gasteiger partial charge in [0.15, 0.2) is 0 Å². The molecule has 0 aliphatic carbocycles. The van der Waals surface area contributed by atoms with Gasteiger partial charge in [0.05, 0.1) is 22.1 Å². The molecular formula is C12H9ClN2O3S. The normalized spacial score (nSPS) is 10.2. The second-order valence-electron chi connectivity index (χ2n) is 3.73. The Labute approximate surface area is 118 Å². The SMILES string of the molecule is O=C(Cc1cccs1)Nc1ccc([N+](=O)[O-])cc1Cl. The van der Waals surface area contributed by atoms with E-state index in [0.717, 1.165) is 4.88 Å². The predicted octanol–water partition coefficient (Wildman–Crippen LogP) is 3.49. The van der Waals surface area contributed by atoms with Crippen molar-refractivity contribution in [3.8, 4) is 0 Å². The smallest absolute Gasteiger partial charge is 0.271 e. The quantitative estimate of drug-likeness (QED) is 0.693. The van der Waals surface area contributed by atoms with Crippen molar-refractivity contribution in [1.29, 1.82) is 0 Å². The third-order valence-electron chi connectivity index (χ3n) is 2.35. The summed E-state index contributed by atoms with van der Waals surface area (Å²) in [5.74, 6) is -0.210. The number of thiophene rings is 1. The summed E-state index contributed by atoms with van der Waals surface area (Å²) in [6, 6.07) is 7.66. The number of amides is 1. The largest absolute Gasteiger partial charge is 0.324 e. The Morgan fingerprint density at radius 2 is 2.21 bits per heavy atom. The highest BCUT2D eigenvalue weighted by molar-refractivity contribution is 7.10. The van der Waals surface area contributed by atoms with Crippen molar-refractivity contribution in [1.82, 2.24) is 0 Å². The number of nitrogens with one attached hydrogen (secondary N) is 1. The molecular weight excluding hydrogens is 288 g/mol. The molecule has 7 heteroatoms. The van der Waals surface area contributed by atoms with Gasteiger partial charge in [-0.2, -0.15) is 0 Å². The zero-order valence-electron chi connectivity index (χ0n) is 9.63. The van der Waals surface area contributed by atoms with Crippen LogP contribution in [0.2, 0.25) is 5.02 Å². The van der Waals surface area contributed by atoms with Gasteiger partial charge in [0.2, 0.25) is 5.91 Å². The molecule has 1 aromatic heterocycles. The van der Waals surface area contributed by atoms with Gasteiger partial charge < -0.3 is 5.32 Å². The van der Waals surface area contributed by atoms with Crippen molar-refractivity contribution in [3.05, 3.63) is 55.7 Å². The van der Waals surface area contributed by atoms with Crippen LogP contribution in [0.15, 0.2) is 35.7 Å². The van der Waals surface area contributed by atoms with E-state index in [0.29, 0.717) is 5.69 Å². The van der Waals surface area contributed by atoms with Crippen LogP contribution in [0.1, 0.15) is 4.88 Å². The lowest BCUT2D eigenvalue weighted by atomic mass is 10.2. The highest BCUT2D eigenvalue weighted by atomic mass is 35.5. The summed E-state index contributed by atoms with van der Waals surface area (Å²) < 4.78 is 0. The Morgan fingerprint density at radius 3 is 2.79 bits per heavy atom. The van der Waals surface area contributed by atoms with Crippen LogP contribution in [0.5, 0.6) is 0 Å². The van der Waals surface area contributed by atoms with E-state index < -0.39 is 4.92 Å². The number of benzene rings is 1. The van der Waals surface area contributed by atoms with Gasteiger partial charge in [-0.1, -0.05) is 17.7 Å². The molecule has 0 fully saturated rings. The minimum atomic E-state index is -0.539. The zero-order chi connectivity index (χ0) is 13.8. The van der Waals surface area contributed by atoms with Crippen LogP contribution in [0.3, 0.4) is 0 Å². The molecule has 19 heavy (non-hydrogen) atoms. The molecule has 0 spiro atoms. The second-order valence-corrected chi connectivity index (χ2v) is 5.17. The van der Waals surface area contributed by atoms with Crippen molar-refractivity contribution < 1.29 is 9.72 Å². The number of rotatable bonds is 4. The van der Waals surface area contributed by atoms with Crippen LogP contribution in [-0.4, -0.2) is 10.8 Å². The maximum absolute atomic E-state index is 11.8. The molecule has 1 aromatic carbocycles. The number of nitrogens with zero attached hydrogens (tertiary/aromatic N) is 1. The fourth-order valence-corrected chi connectivity index (χ4v) is 2.41. The first-order valence-corrected chi connectivity index (χ1v) is 6.58. The maximum Gasteiger partial charge on any atom is 0.271 e. The van der Waals surface area contributed by atoms with E-state index in [1.807, 2.05) is 17.5 Å². The van der Waals surface area contributed by atoms with Crippen molar-refractivity contribution in [3.63, 3.8) is 0 Å². The van der Waals surface area contributed by atoms with E-state index in [4.69, 9.17) is 11.6 Å². The topological polar surface area (TPSA) is 72.2 Å². The zero-order valence-corrected chi connectivity index (χ0v) is 11.2. The van der Waals surface area contributed by atoms with Crippen LogP contribution in [0.4, 0.5) is 11.4 Å². The average molecular weight is 297 g/mol. The molecule has 0 aliphatic rings. The number of nitro groups is 1. The number of anilines is 1. The molecule has 0 bridgehead atoms. The first-order valence-electron chi connectivity index (χ1n) is 5.32. The number of hydrogen-bond acceptors (Lipinski definition) is 4. The first kappa shape index (κ1) is 13.5. The van der Waals surface area contributed by atoms with Crippen molar-refractivity contribution in [2.45, 2.75) is 6.42 Å². The van der Waals surface area contributed by atoms with E-state index in [-0.39, 0.29) is 23.0 Å². The summed E-state index contributed by atoms with van der Waals surface area (Å²) in [6.07, 6.45) is 0.255. The Kier molecular flexibility index (Phi) is 4.13. The second kappa shape index (κ2) is 5.81. The fraction of sp³-hybridized carbons (Fsp3) is 0.0833. The summed E-state index contributed by atoms with van der Waals surface area (Å²) in [4.78, 5) is 22.7. The van der Waals surface area contributed by atoms with E-state index in [1.54, 1.807) is 0 Å². The molecule has 0 aliphatic heterocycles. The summed E-state index contributed by atoms with van der Waals surface area (Å²) in [7, 11) is 0. The molecule has 2 aromatic rings. The van der Waals surface area contributed by atoms with Gasteiger partial charge >= 0.3 is 0 Å². The van der Waals surface area contributed by atoms with Gasteiger partial charge in [-0.15, -0.1) is 11.3 Å². The number of nitro benzene ring substituents is 1. The molecule has 0 saturated carbocycles. The van der Waals surface area contributed by atoms with E-state index in [2.05, 4.69) is 5.32 Å².